The Morgan fingerprint density at radius 3 is 2.48 bits per heavy atom. The van der Waals surface area contributed by atoms with Crippen molar-refractivity contribution in [2.24, 2.45) is 0 Å². The largest absolute Gasteiger partial charge is 0.298 e. The monoisotopic (exact) mass is 362 g/mol. The maximum Gasteiger partial charge on any atom is 0.148 e. The second kappa shape index (κ2) is 6.45. The molecule has 0 unspecified atom stereocenters. The first kappa shape index (κ1) is 15.0. The number of carbonyl (C=O) groups is 1. The van der Waals surface area contributed by atoms with Gasteiger partial charge in [0.05, 0.1) is 5.41 Å². The fraction of sp³-hybridized carbons (Fsp3) is 0.389. The van der Waals surface area contributed by atoms with Gasteiger partial charge in [0.1, 0.15) is 5.78 Å². The van der Waals surface area contributed by atoms with E-state index in [9.17, 15) is 4.79 Å². The lowest BCUT2D eigenvalue weighted by Crippen LogP contribution is -2.39. The lowest BCUT2D eigenvalue weighted by molar-refractivity contribution is -0.125. The minimum absolute atomic E-state index is 0.254. The summed E-state index contributed by atoms with van der Waals surface area (Å²) in [5, 5.41) is 2.05. The third-order valence-electron chi connectivity index (χ3n) is 4.52. The SMILES string of the molecule is O=C(Cc1cc(Br)cs1)C1(c2ccccc2)CCCCC1. The molecule has 1 aromatic heterocycles. The Morgan fingerprint density at radius 1 is 1.14 bits per heavy atom. The number of ketones is 1. The van der Waals surface area contributed by atoms with Gasteiger partial charge in [-0.15, -0.1) is 11.3 Å². The summed E-state index contributed by atoms with van der Waals surface area (Å²) in [4.78, 5) is 14.3. The number of Topliss-reactive ketones (excluding diaryl/α,β-unsaturated/α-hetero) is 1. The minimum Gasteiger partial charge on any atom is -0.298 e. The molecule has 1 aliphatic rings. The van der Waals surface area contributed by atoms with E-state index in [0.29, 0.717) is 12.2 Å². The zero-order valence-electron chi connectivity index (χ0n) is 12.0. The second-order valence-corrected chi connectivity index (χ2v) is 7.75. The molecular formula is C18H19BrOS. The highest BCUT2D eigenvalue weighted by atomic mass is 79.9. The topological polar surface area (TPSA) is 17.1 Å². The maximum absolute atomic E-state index is 13.1. The van der Waals surface area contributed by atoms with Crippen molar-refractivity contribution in [1.29, 1.82) is 0 Å². The van der Waals surface area contributed by atoms with Crippen molar-refractivity contribution < 1.29 is 4.79 Å². The molecule has 1 fully saturated rings. The third-order valence-corrected chi connectivity index (χ3v) is 6.22. The van der Waals surface area contributed by atoms with E-state index in [1.165, 1.54) is 12.0 Å². The predicted octanol–water partition coefficient (Wildman–Crippen LogP) is 5.52. The van der Waals surface area contributed by atoms with Crippen LogP contribution >= 0.6 is 27.3 Å². The Hall–Kier alpha value is -0.930. The first-order valence-corrected chi connectivity index (χ1v) is 9.20. The van der Waals surface area contributed by atoms with Gasteiger partial charge in [-0.05, 0) is 40.4 Å². The molecule has 1 heterocycles. The van der Waals surface area contributed by atoms with Gasteiger partial charge in [-0.3, -0.25) is 4.79 Å². The molecule has 110 valence electrons. The van der Waals surface area contributed by atoms with Crippen molar-refractivity contribution in [3.63, 3.8) is 0 Å². The third kappa shape index (κ3) is 3.14. The van der Waals surface area contributed by atoms with Gasteiger partial charge in [-0.25, -0.2) is 0 Å². The van der Waals surface area contributed by atoms with Gasteiger partial charge in [0.2, 0.25) is 0 Å². The van der Waals surface area contributed by atoms with Gasteiger partial charge >= 0.3 is 0 Å². The number of hydrogen-bond donors (Lipinski definition) is 0. The molecular weight excluding hydrogens is 344 g/mol. The average molecular weight is 363 g/mol. The highest BCUT2D eigenvalue weighted by molar-refractivity contribution is 9.10. The van der Waals surface area contributed by atoms with Crippen molar-refractivity contribution >= 4 is 33.0 Å². The summed E-state index contributed by atoms with van der Waals surface area (Å²) in [6.45, 7) is 0. The molecule has 0 amide bonds. The molecule has 2 aromatic rings. The van der Waals surface area contributed by atoms with Crippen LogP contribution in [0.25, 0.3) is 0 Å². The Balaban J connectivity index is 1.90. The van der Waals surface area contributed by atoms with Crippen LogP contribution in [0.1, 0.15) is 42.5 Å². The lowest BCUT2D eigenvalue weighted by Gasteiger charge is -2.36. The molecule has 0 bridgehead atoms. The highest BCUT2D eigenvalue weighted by Crippen LogP contribution is 2.41. The van der Waals surface area contributed by atoms with E-state index in [4.69, 9.17) is 0 Å². The summed E-state index contributed by atoms with van der Waals surface area (Å²) in [5.41, 5.74) is 0.959. The summed E-state index contributed by atoms with van der Waals surface area (Å²) in [6.07, 6.45) is 6.14. The first-order chi connectivity index (χ1) is 10.2. The van der Waals surface area contributed by atoms with Gasteiger partial charge in [-0.1, -0.05) is 49.6 Å². The second-order valence-electron chi connectivity index (χ2n) is 5.84. The molecule has 0 N–H and O–H groups in total. The van der Waals surface area contributed by atoms with E-state index in [1.807, 2.05) is 6.07 Å². The van der Waals surface area contributed by atoms with Crippen LogP contribution in [0.15, 0.2) is 46.3 Å². The molecule has 0 saturated heterocycles. The van der Waals surface area contributed by atoms with Crippen molar-refractivity contribution in [1.82, 2.24) is 0 Å². The molecule has 1 aromatic carbocycles. The van der Waals surface area contributed by atoms with Crippen LogP contribution in [-0.4, -0.2) is 5.78 Å². The number of rotatable bonds is 4. The zero-order valence-corrected chi connectivity index (χ0v) is 14.4. The van der Waals surface area contributed by atoms with E-state index < -0.39 is 0 Å². The smallest absolute Gasteiger partial charge is 0.148 e. The van der Waals surface area contributed by atoms with E-state index in [0.717, 1.165) is 35.0 Å². The Labute approximate surface area is 138 Å². The fourth-order valence-electron chi connectivity index (χ4n) is 3.41. The standard InChI is InChI=1S/C18H19BrOS/c19-15-11-16(21-13-15)12-17(20)18(9-5-2-6-10-18)14-7-3-1-4-8-14/h1,3-4,7-8,11,13H,2,5-6,9-10,12H2. The summed E-state index contributed by atoms with van der Waals surface area (Å²) in [6, 6.07) is 12.5. The number of halogens is 1. The van der Waals surface area contributed by atoms with Crippen LogP contribution in [0.5, 0.6) is 0 Å². The molecule has 3 rings (SSSR count). The Kier molecular flexibility index (Phi) is 4.60. The number of hydrogen-bond acceptors (Lipinski definition) is 2. The molecule has 3 heteroatoms. The molecule has 0 spiro atoms. The van der Waals surface area contributed by atoms with E-state index in [1.54, 1.807) is 11.3 Å². The van der Waals surface area contributed by atoms with Crippen LogP contribution in [0.2, 0.25) is 0 Å². The van der Waals surface area contributed by atoms with Crippen molar-refractivity contribution in [3.05, 3.63) is 56.7 Å². The highest BCUT2D eigenvalue weighted by Gasteiger charge is 2.40. The summed E-state index contributed by atoms with van der Waals surface area (Å²) < 4.78 is 1.08. The molecule has 0 radical (unpaired) electrons. The van der Waals surface area contributed by atoms with Crippen molar-refractivity contribution in [2.75, 3.05) is 0 Å². The van der Waals surface area contributed by atoms with Gasteiger partial charge in [0, 0.05) is 21.2 Å². The Morgan fingerprint density at radius 2 is 1.86 bits per heavy atom. The molecule has 1 saturated carbocycles. The van der Waals surface area contributed by atoms with Crippen LogP contribution in [0, 0.1) is 0 Å². The fourth-order valence-corrected chi connectivity index (χ4v) is 4.86. The molecule has 0 aliphatic heterocycles. The molecule has 0 atom stereocenters. The van der Waals surface area contributed by atoms with Gasteiger partial charge in [0.15, 0.2) is 0 Å². The number of carbonyl (C=O) groups excluding carboxylic acids is 1. The van der Waals surface area contributed by atoms with E-state index in [2.05, 4.69) is 51.6 Å². The van der Waals surface area contributed by atoms with E-state index in [-0.39, 0.29) is 5.41 Å². The quantitative estimate of drug-likeness (QED) is 0.699. The molecule has 1 aliphatic carbocycles. The van der Waals surface area contributed by atoms with E-state index >= 15 is 0 Å². The zero-order chi connectivity index (χ0) is 14.7. The lowest BCUT2D eigenvalue weighted by atomic mass is 9.66. The summed E-state index contributed by atoms with van der Waals surface area (Å²) >= 11 is 5.14. The number of thiophene rings is 1. The van der Waals surface area contributed by atoms with Crippen LogP contribution < -0.4 is 0 Å². The van der Waals surface area contributed by atoms with Gasteiger partial charge in [-0.2, -0.15) is 0 Å². The molecule has 1 nitrogen and oxygen atoms in total. The maximum atomic E-state index is 13.1. The minimum atomic E-state index is -0.254. The van der Waals surface area contributed by atoms with Crippen LogP contribution in [0.3, 0.4) is 0 Å². The van der Waals surface area contributed by atoms with Gasteiger partial charge < -0.3 is 0 Å². The van der Waals surface area contributed by atoms with Crippen molar-refractivity contribution in [3.8, 4) is 0 Å². The first-order valence-electron chi connectivity index (χ1n) is 7.52. The summed E-state index contributed by atoms with van der Waals surface area (Å²) in [7, 11) is 0. The average Bonchev–Trinajstić information content (AvgIpc) is 2.94. The Bertz CT molecular complexity index is 611. The van der Waals surface area contributed by atoms with Gasteiger partial charge in [0.25, 0.3) is 0 Å². The normalized spacial score (nSPS) is 17.6. The van der Waals surface area contributed by atoms with Crippen molar-refractivity contribution in [2.45, 2.75) is 43.9 Å². The van der Waals surface area contributed by atoms with Crippen LogP contribution in [0.4, 0.5) is 0 Å². The predicted molar refractivity (Wildman–Crippen MR) is 91.9 cm³/mol. The molecule has 21 heavy (non-hydrogen) atoms. The number of benzene rings is 1. The van der Waals surface area contributed by atoms with Crippen LogP contribution in [-0.2, 0) is 16.6 Å². The summed E-state index contributed by atoms with van der Waals surface area (Å²) in [5.74, 6) is 0.391.